The van der Waals surface area contributed by atoms with Crippen molar-refractivity contribution in [2.75, 3.05) is 11.9 Å². The van der Waals surface area contributed by atoms with Crippen molar-refractivity contribution in [3.63, 3.8) is 0 Å². The fraction of sp³-hybridized carbons (Fsp3) is 0.207. The first-order valence-corrected chi connectivity index (χ1v) is 11.6. The maximum atomic E-state index is 13.5. The highest BCUT2D eigenvalue weighted by Crippen LogP contribution is 2.29. The zero-order valence-electron chi connectivity index (χ0n) is 20.0. The first kappa shape index (κ1) is 24.1. The predicted molar refractivity (Wildman–Crippen MR) is 136 cm³/mol. The molecule has 1 amide bonds. The van der Waals surface area contributed by atoms with E-state index in [9.17, 15) is 14.0 Å². The van der Waals surface area contributed by atoms with Gasteiger partial charge in [0.2, 0.25) is 0 Å². The molecule has 178 valence electrons. The zero-order chi connectivity index (χ0) is 24.9. The van der Waals surface area contributed by atoms with Crippen molar-refractivity contribution in [3.05, 3.63) is 94.8 Å². The van der Waals surface area contributed by atoms with Gasteiger partial charge in [-0.25, -0.2) is 14.2 Å². The third-order valence-electron chi connectivity index (χ3n) is 5.74. The maximum absolute atomic E-state index is 13.5. The summed E-state index contributed by atoms with van der Waals surface area (Å²) < 4.78 is 18.7. The Morgan fingerprint density at radius 3 is 2.37 bits per heavy atom. The number of anilines is 1. The average molecular weight is 471 g/mol. The van der Waals surface area contributed by atoms with E-state index in [1.165, 1.54) is 12.1 Å². The lowest BCUT2D eigenvalue weighted by molar-refractivity contribution is 0.0499. The van der Waals surface area contributed by atoms with Gasteiger partial charge in [-0.2, -0.15) is 0 Å². The number of carbonyl (C=O) groups is 2. The number of unbranched alkanes of at least 4 members (excludes halogenated alkanes) is 1. The van der Waals surface area contributed by atoms with Crippen molar-refractivity contribution in [2.45, 2.75) is 33.6 Å². The highest BCUT2D eigenvalue weighted by molar-refractivity contribution is 6.13. The molecule has 0 unspecified atom stereocenters. The number of hydrogen-bond donors (Lipinski definition) is 1. The molecule has 0 fully saturated rings. The van der Waals surface area contributed by atoms with E-state index in [2.05, 4.69) is 5.32 Å². The van der Waals surface area contributed by atoms with E-state index in [-0.39, 0.29) is 17.7 Å². The second kappa shape index (κ2) is 10.5. The molecule has 4 aromatic rings. The molecule has 1 heterocycles. The Bertz CT molecular complexity index is 1380. The summed E-state index contributed by atoms with van der Waals surface area (Å²) in [5.41, 5.74) is 5.43. The number of ether oxygens (including phenoxy) is 1. The Morgan fingerprint density at radius 1 is 0.971 bits per heavy atom. The number of rotatable bonds is 7. The molecule has 0 radical (unpaired) electrons. The minimum absolute atomic E-state index is 0.302. The number of aryl methyl sites for hydroxylation is 2. The summed E-state index contributed by atoms with van der Waals surface area (Å²) in [5.74, 6) is -1.02. The number of hydrogen-bond acceptors (Lipinski definition) is 4. The number of aromatic nitrogens is 1. The first-order chi connectivity index (χ1) is 16.9. The first-order valence-electron chi connectivity index (χ1n) is 11.6. The van der Waals surface area contributed by atoms with Crippen LogP contribution in [0.4, 0.5) is 10.1 Å². The van der Waals surface area contributed by atoms with Crippen LogP contribution in [0.5, 0.6) is 0 Å². The van der Waals surface area contributed by atoms with Crippen LogP contribution in [0, 0.1) is 19.7 Å². The van der Waals surface area contributed by atoms with Gasteiger partial charge in [-0.1, -0.05) is 25.0 Å². The van der Waals surface area contributed by atoms with E-state index in [1.807, 2.05) is 32.9 Å². The van der Waals surface area contributed by atoms with Gasteiger partial charge in [-0.3, -0.25) is 4.79 Å². The molecule has 0 bridgehead atoms. The highest BCUT2D eigenvalue weighted by atomic mass is 19.1. The SMILES string of the molecule is CCCCOC(=O)c1ccc(NC(=O)c2cc(-c3ccc(F)cc3)nc3c(C)cc(C)cc23)cc1. The molecule has 5 nitrogen and oxygen atoms in total. The van der Waals surface area contributed by atoms with Crippen LogP contribution in [0.3, 0.4) is 0 Å². The van der Waals surface area contributed by atoms with Gasteiger partial charge in [-0.05, 0) is 86.5 Å². The van der Waals surface area contributed by atoms with Gasteiger partial charge in [0.15, 0.2) is 0 Å². The molecule has 0 atom stereocenters. The maximum Gasteiger partial charge on any atom is 0.338 e. The van der Waals surface area contributed by atoms with Crippen LogP contribution in [0.2, 0.25) is 0 Å². The predicted octanol–water partition coefficient (Wildman–Crippen LogP) is 6.87. The van der Waals surface area contributed by atoms with Crippen molar-refractivity contribution < 1.29 is 18.7 Å². The van der Waals surface area contributed by atoms with Crippen LogP contribution in [0.15, 0.2) is 66.7 Å². The number of nitrogens with zero attached hydrogens (tertiary/aromatic N) is 1. The summed E-state index contributed by atoms with van der Waals surface area (Å²) in [6, 6.07) is 18.3. The quantitative estimate of drug-likeness (QED) is 0.236. The summed E-state index contributed by atoms with van der Waals surface area (Å²) in [6.45, 7) is 6.35. The fourth-order valence-corrected chi connectivity index (χ4v) is 3.92. The molecule has 3 aromatic carbocycles. The van der Waals surface area contributed by atoms with Crippen molar-refractivity contribution in [3.8, 4) is 11.3 Å². The third-order valence-corrected chi connectivity index (χ3v) is 5.74. The molecule has 0 spiro atoms. The molecular weight excluding hydrogens is 443 g/mol. The van der Waals surface area contributed by atoms with Crippen LogP contribution in [-0.4, -0.2) is 23.5 Å². The summed E-state index contributed by atoms with van der Waals surface area (Å²) in [4.78, 5) is 30.3. The standard InChI is InChI=1S/C29H27FN2O3/c1-4-5-14-35-29(34)21-8-12-23(13-9-21)31-28(33)25-17-26(20-6-10-22(30)11-7-20)32-27-19(3)15-18(2)16-24(25)27/h6-13,15-17H,4-5,14H2,1-3H3,(H,31,33). The van der Waals surface area contributed by atoms with Crippen LogP contribution < -0.4 is 5.32 Å². The number of fused-ring (bicyclic) bond motifs is 1. The third kappa shape index (κ3) is 5.54. The number of benzene rings is 3. The summed E-state index contributed by atoms with van der Waals surface area (Å²) in [6.07, 6.45) is 1.77. The normalized spacial score (nSPS) is 10.9. The lowest BCUT2D eigenvalue weighted by atomic mass is 9.99. The zero-order valence-corrected chi connectivity index (χ0v) is 20.0. The Kier molecular flexibility index (Phi) is 7.20. The molecule has 0 saturated carbocycles. The molecule has 1 N–H and O–H groups in total. The summed E-state index contributed by atoms with van der Waals surface area (Å²) in [5, 5.41) is 3.65. The number of esters is 1. The van der Waals surface area contributed by atoms with Crippen LogP contribution >= 0.6 is 0 Å². The monoisotopic (exact) mass is 470 g/mol. The molecule has 0 aliphatic rings. The second-order valence-corrected chi connectivity index (χ2v) is 8.56. The van der Waals surface area contributed by atoms with Gasteiger partial charge >= 0.3 is 5.97 Å². The van der Waals surface area contributed by atoms with Gasteiger partial charge in [-0.15, -0.1) is 0 Å². The number of carbonyl (C=O) groups excluding carboxylic acids is 2. The summed E-state index contributed by atoms with van der Waals surface area (Å²) >= 11 is 0. The average Bonchev–Trinajstić information content (AvgIpc) is 2.84. The van der Waals surface area contributed by atoms with E-state index in [0.717, 1.165) is 29.4 Å². The highest BCUT2D eigenvalue weighted by Gasteiger charge is 2.17. The van der Waals surface area contributed by atoms with Gasteiger partial charge in [0, 0.05) is 16.6 Å². The molecule has 6 heteroatoms. The Hall–Kier alpha value is -4.06. The summed E-state index contributed by atoms with van der Waals surface area (Å²) in [7, 11) is 0. The molecule has 4 rings (SSSR count). The van der Waals surface area contributed by atoms with Crippen LogP contribution in [-0.2, 0) is 4.74 Å². The lowest BCUT2D eigenvalue weighted by Crippen LogP contribution is -2.14. The lowest BCUT2D eigenvalue weighted by Gasteiger charge is -2.13. The minimum Gasteiger partial charge on any atom is -0.462 e. The molecule has 0 saturated heterocycles. The minimum atomic E-state index is -0.383. The molecular formula is C29H27FN2O3. The molecule has 0 aliphatic carbocycles. The Morgan fingerprint density at radius 2 is 1.69 bits per heavy atom. The van der Waals surface area contributed by atoms with Gasteiger partial charge in [0.25, 0.3) is 5.91 Å². The van der Waals surface area contributed by atoms with Gasteiger partial charge in [0.05, 0.1) is 28.9 Å². The second-order valence-electron chi connectivity index (χ2n) is 8.56. The Labute approximate surface area is 204 Å². The van der Waals surface area contributed by atoms with Crippen molar-refractivity contribution in [1.82, 2.24) is 4.98 Å². The molecule has 1 aromatic heterocycles. The molecule has 35 heavy (non-hydrogen) atoms. The van der Waals surface area contributed by atoms with Crippen LogP contribution in [0.1, 0.15) is 51.6 Å². The Balaban J connectivity index is 1.66. The topological polar surface area (TPSA) is 68.3 Å². The molecule has 0 aliphatic heterocycles. The van der Waals surface area contributed by atoms with Crippen molar-refractivity contribution in [2.24, 2.45) is 0 Å². The van der Waals surface area contributed by atoms with Gasteiger partial charge in [0.1, 0.15) is 5.82 Å². The fourth-order valence-electron chi connectivity index (χ4n) is 3.92. The largest absolute Gasteiger partial charge is 0.462 e. The van der Waals surface area contributed by atoms with Crippen molar-refractivity contribution >= 4 is 28.5 Å². The van der Waals surface area contributed by atoms with Gasteiger partial charge < -0.3 is 10.1 Å². The van der Waals surface area contributed by atoms with E-state index < -0.39 is 0 Å². The number of nitrogens with one attached hydrogen (secondary N) is 1. The van der Waals surface area contributed by atoms with Crippen LogP contribution in [0.25, 0.3) is 22.2 Å². The smallest absolute Gasteiger partial charge is 0.338 e. The van der Waals surface area contributed by atoms with Crippen molar-refractivity contribution in [1.29, 1.82) is 0 Å². The van der Waals surface area contributed by atoms with E-state index in [1.54, 1.807) is 42.5 Å². The number of amides is 1. The number of pyridine rings is 1. The van der Waals surface area contributed by atoms with E-state index in [0.29, 0.717) is 40.2 Å². The van der Waals surface area contributed by atoms with E-state index >= 15 is 0 Å². The number of halogens is 1. The van der Waals surface area contributed by atoms with E-state index in [4.69, 9.17) is 9.72 Å².